The van der Waals surface area contributed by atoms with Crippen molar-refractivity contribution in [1.82, 2.24) is 15.1 Å². The van der Waals surface area contributed by atoms with E-state index in [9.17, 15) is 9.18 Å². The summed E-state index contributed by atoms with van der Waals surface area (Å²) in [6.45, 7) is 1.52. The molecule has 1 fully saturated rings. The molecule has 0 saturated carbocycles. The second kappa shape index (κ2) is 6.70. The molecule has 116 valence electrons. The number of H-pyrrole nitrogens is 1. The molecule has 3 rings (SSSR count). The van der Waals surface area contributed by atoms with E-state index in [1.54, 1.807) is 29.3 Å². The minimum atomic E-state index is -0.262. The summed E-state index contributed by atoms with van der Waals surface area (Å²) in [5.41, 5.74) is 1.43. The van der Waals surface area contributed by atoms with E-state index in [1.165, 1.54) is 6.07 Å². The molecule has 1 saturated heterocycles. The van der Waals surface area contributed by atoms with Gasteiger partial charge >= 0.3 is 0 Å². The van der Waals surface area contributed by atoms with Crippen LogP contribution in [0.1, 0.15) is 23.7 Å². The number of carbonyl (C=O) groups excluding carboxylic acids is 1. The van der Waals surface area contributed by atoms with Crippen LogP contribution >= 0.6 is 0 Å². The third-order valence-corrected chi connectivity index (χ3v) is 3.90. The van der Waals surface area contributed by atoms with Crippen molar-refractivity contribution in [2.75, 3.05) is 19.8 Å². The summed E-state index contributed by atoms with van der Waals surface area (Å²) >= 11 is 0. The predicted octanol–water partition coefficient (Wildman–Crippen LogP) is 2.08. The van der Waals surface area contributed by atoms with E-state index in [0.29, 0.717) is 31.7 Å². The summed E-state index contributed by atoms with van der Waals surface area (Å²) in [6.07, 6.45) is 2.34. The molecule has 0 spiro atoms. The predicted molar refractivity (Wildman–Crippen MR) is 78.6 cm³/mol. The molecule has 1 amide bonds. The van der Waals surface area contributed by atoms with E-state index in [4.69, 9.17) is 4.74 Å². The monoisotopic (exact) mass is 303 g/mol. The molecule has 0 unspecified atom stereocenters. The largest absolute Gasteiger partial charge is 0.377 e. The van der Waals surface area contributed by atoms with Crippen LogP contribution in [0.3, 0.4) is 0 Å². The molecule has 6 heteroatoms. The zero-order chi connectivity index (χ0) is 15.4. The summed E-state index contributed by atoms with van der Waals surface area (Å²) in [6, 6.07) is 8.26. The lowest BCUT2D eigenvalue weighted by Crippen LogP contribution is -2.43. The average Bonchev–Trinajstić information content (AvgIpc) is 3.08. The van der Waals surface area contributed by atoms with Gasteiger partial charge in [0.1, 0.15) is 5.82 Å². The fourth-order valence-corrected chi connectivity index (χ4v) is 2.70. The first kappa shape index (κ1) is 14.7. The lowest BCUT2D eigenvalue weighted by atomic mass is 10.1. The van der Waals surface area contributed by atoms with Crippen LogP contribution in [0.2, 0.25) is 0 Å². The summed E-state index contributed by atoms with van der Waals surface area (Å²) in [5.74, 6) is -0.256. The van der Waals surface area contributed by atoms with Gasteiger partial charge in [-0.3, -0.25) is 9.89 Å². The number of aryl methyl sites for hydroxylation is 1. The van der Waals surface area contributed by atoms with Crippen LogP contribution in [0, 0.1) is 5.82 Å². The summed E-state index contributed by atoms with van der Waals surface area (Å²) < 4.78 is 19.1. The van der Waals surface area contributed by atoms with Gasteiger partial charge in [0, 0.05) is 19.2 Å². The normalized spacial score (nSPS) is 18.4. The molecule has 1 aliphatic heterocycles. The molecule has 22 heavy (non-hydrogen) atoms. The number of nitrogens with one attached hydrogen (secondary N) is 1. The number of ether oxygens (including phenoxy) is 1. The fourth-order valence-electron chi connectivity index (χ4n) is 2.70. The Labute approximate surface area is 128 Å². The number of aromatic nitrogens is 2. The quantitative estimate of drug-likeness (QED) is 0.941. The Kier molecular flexibility index (Phi) is 4.48. The molecule has 2 aromatic rings. The number of carbonyl (C=O) groups is 1. The van der Waals surface area contributed by atoms with Crippen LogP contribution < -0.4 is 0 Å². The van der Waals surface area contributed by atoms with E-state index < -0.39 is 0 Å². The zero-order valence-electron chi connectivity index (χ0n) is 12.2. The van der Waals surface area contributed by atoms with E-state index >= 15 is 0 Å². The van der Waals surface area contributed by atoms with E-state index in [0.717, 1.165) is 5.69 Å². The maximum absolute atomic E-state index is 13.6. The van der Waals surface area contributed by atoms with Gasteiger partial charge < -0.3 is 9.64 Å². The highest BCUT2D eigenvalue weighted by atomic mass is 19.1. The highest BCUT2D eigenvalue weighted by Crippen LogP contribution is 2.23. The maximum Gasteiger partial charge on any atom is 0.223 e. The number of morpholine rings is 1. The number of aromatic amines is 1. The van der Waals surface area contributed by atoms with Crippen molar-refractivity contribution < 1.29 is 13.9 Å². The molecule has 1 aromatic carbocycles. The third kappa shape index (κ3) is 3.17. The van der Waals surface area contributed by atoms with Gasteiger partial charge in [0.2, 0.25) is 5.91 Å². The number of rotatable bonds is 4. The number of hydrogen-bond donors (Lipinski definition) is 1. The summed E-state index contributed by atoms with van der Waals surface area (Å²) in [7, 11) is 0. The number of amides is 1. The van der Waals surface area contributed by atoms with Crippen LogP contribution in [-0.4, -0.2) is 40.8 Å². The van der Waals surface area contributed by atoms with Gasteiger partial charge in [-0.1, -0.05) is 18.2 Å². The first-order valence-corrected chi connectivity index (χ1v) is 7.35. The van der Waals surface area contributed by atoms with Crippen LogP contribution in [0.4, 0.5) is 4.39 Å². The minimum absolute atomic E-state index is 0.00570. The second-order valence-electron chi connectivity index (χ2n) is 5.28. The number of benzene rings is 1. The number of hydrogen-bond acceptors (Lipinski definition) is 3. The van der Waals surface area contributed by atoms with Crippen molar-refractivity contribution in [2.24, 2.45) is 0 Å². The lowest BCUT2D eigenvalue weighted by molar-refractivity contribution is -0.140. The molecular weight excluding hydrogens is 285 g/mol. The van der Waals surface area contributed by atoms with Crippen LogP contribution in [0.15, 0.2) is 36.5 Å². The van der Waals surface area contributed by atoms with Crippen LogP contribution in [0.25, 0.3) is 0 Å². The van der Waals surface area contributed by atoms with Gasteiger partial charge in [0.25, 0.3) is 0 Å². The average molecular weight is 303 g/mol. The first-order valence-electron chi connectivity index (χ1n) is 7.35. The van der Waals surface area contributed by atoms with Crippen LogP contribution in [-0.2, 0) is 16.0 Å². The molecule has 2 heterocycles. The lowest BCUT2D eigenvalue weighted by Gasteiger charge is -2.35. The maximum atomic E-state index is 13.6. The smallest absolute Gasteiger partial charge is 0.223 e. The van der Waals surface area contributed by atoms with Gasteiger partial charge in [0.15, 0.2) is 0 Å². The molecular formula is C16H18FN3O2. The van der Waals surface area contributed by atoms with Gasteiger partial charge in [-0.25, -0.2) is 4.39 Å². The molecule has 0 bridgehead atoms. The molecule has 1 N–H and O–H groups in total. The Bertz CT molecular complexity index is 630. The number of halogens is 1. The van der Waals surface area contributed by atoms with Gasteiger partial charge in [-0.15, -0.1) is 0 Å². The van der Waals surface area contributed by atoms with Crippen molar-refractivity contribution in [3.05, 3.63) is 53.6 Å². The fraction of sp³-hybridized carbons (Fsp3) is 0.375. The molecule has 1 atom stereocenters. The number of nitrogens with zero attached hydrogens (tertiary/aromatic N) is 2. The molecule has 1 aromatic heterocycles. The summed E-state index contributed by atoms with van der Waals surface area (Å²) in [4.78, 5) is 14.3. The Balaban J connectivity index is 1.66. The van der Waals surface area contributed by atoms with Crippen molar-refractivity contribution in [2.45, 2.75) is 18.9 Å². The van der Waals surface area contributed by atoms with Crippen molar-refractivity contribution in [1.29, 1.82) is 0 Å². The van der Waals surface area contributed by atoms with E-state index in [1.807, 2.05) is 6.07 Å². The van der Waals surface area contributed by atoms with Gasteiger partial charge in [-0.05, 0) is 24.1 Å². The van der Waals surface area contributed by atoms with Crippen LogP contribution in [0.5, 0.6) is 0 Å². The highest BCUT2D eigenvalue weighted by molar-refractivity contribution is 5.77. The molecule has 0 radical (unpaired) electrons. The van der Waals surface area contributed by atoms with Crippen molar-refractivity contribution in [3.8, 4) is 0 Å². The van der Waals surface area contributed by atoms with Crippen molar-refractivity contribution >= 4 is 5.91 Å². The SMILES string of the molecule is O=C(CCc1ccccc1F)N1CCOC[C@H]1c1ccn[nH]1. The van der Waals surface area contributed by atoms with E-state index in [-0.39, 0.29) is 24.2 Å². The topological polar surface area (TPSA) is 58.2 Å². The molecule has 5 nitrogen and oxygen atoms in total. The van der Waals surface area contributed by atoms with Gasteiger partial charge in [0.05, 0.1) is 24.9 Å². The zero-order valence-corrected chi connectivity index (χ0v) is 12.2. The Morgan fingerprint density at radius 2 is 2.27 bits per heavy atom. The van der Waals surface area contributed by atoms with Crippen molar-refractivity contribution in [3.63, 3.8) is 0 Å². The van der Waals surface area contributed by atoms with Gasteiger partial charge in [-0.2, -0.15) is 5.10 Å². The Hall–Kier alpha value is -2.21. The third-order valence-electron chi connectivity index (χ3n) is 3.90. The van der Waals surface area contributed by atoms with E-state index in [2.05, 4.69) is 10.2 Å². The Morgan fingerprint density at radius 1 is 1.41 bits per heavy atom. The highest BCUT2D eigenvalue weighted by Gasteiger charge is 2.29. The minimum Gasteiger partial charge on any atom is -0.377 e. The Morgan fingerprint density at radius 3 is 3.05 bits per heavy atom. The first-order chi connectivity index (χ1) is 10.8. The summed E-state index contributed by atoms with van der Waals surface area (Å²) in [5, 5.41) is 6.82. The second-order valence-corrected chi connectivity index (χ2v) is 5.28. The molecule has 1 aliphatic rings. The molecule has 0 aliphatic carbocycles. The standard InChI is InChI=1S/C16H18FN3O2/c17-13-4-2-1-3-12(13)5-6-16(21)20-9-10-22-11-15(20)14-7-8-18-19-14/h1-4,7-8,15H,5-6,9-11H2,(H,18,19)/t15-/m0/s1.